The minimum absolute atomic E-state index is 0.158. The van der Waals surface area contributed by atoms with Gasteiger partial charge in [-0.3, -0.25) is 19.3 Å². The molecule has 2 heterocycles. The van der Waals surface area contributed by atoms with Crippen LogP contribution in [0.5, 0.6) is 0 Å². The van der Waals surface area contributed by atoms with Crippen molar-refractivity contribution in [3.8, 4) is 0 Å². The number of hydrogen-bond donors (Lipinski definition) is 0. The molecule has 1 saturated heterocycles. The third-order valence-electron chi connectivity index (χ3n) is 4.21. The predicted octanol–water partition coefficient (Wildman–Crippen LogP) is 2.09. The van der Waals surface area contributed by atoms with E-state index in [0.29, 0.717) is 5.56 Å². The molecule has 1 aromatic heterocycles. The molecule has 114 valence electrons. The smallest absolute Gasteiger partial charge is 0.235 e. The third-order valence-corrected chi connectivity index (χ3v) is 4.21. The second kappa shape index (κ2) is 5.13. The fraction of sp³-hybridized carbons (Fsp3) is 0.562. The number of rotatable bonds is 4. The Bertz CT molecular complexity index is 626. The van der Waals surface area contributed by atoms with Crippen LogP contribution >= 0.6 is 0 Å². The summed E-state index contributed by atoms with van der Waals surface area (Å²) in [5.41, 5.74) is 1.80. The van der Waals surface area contributed by atoms with Crippen LogP contribution in [0.2, 0.25) is 0 Å². The van der Waals surface area contributed by atoms with Crippen LogP contribution in [0.4, 0.5) is 0 Å². The van der Waals surface area contributed by atoms with Gasteiger partial charge in [-0.05, 0) is 26.8 Å². The van der Waals surface area contributed by atoms with Crippen LogP contribution in [0, 0.1) is 19.3 Å². The van der Waals surface area contributed by atoms with Crippen LogP contribution in [-0.2, 0) is 16.1 Å². The highest BCUT2D eigenvalue weighted by Crippen LogP contribution is 2.31. The Morgan fingerprint density at radius 2 is 1.90 bits per heavy atom. The molecule has 0 aromatic carbocycles. The molecule has 0 N–H and O–H groups in total. The van der Waals surface area contributed by atoms with E-state index in [4.69, 9.17) is 0 Å². The van der Waals surface area contributed by atoms with Crippen molar-refractivity contribution in [1.82, 2.24) is 9.47 Å². The molecule has 0 radical (unpaired) electrons. The molecule has 1 aromatic rings. The minimum Gasteiger partial charge on any atom is -0.349 e. The SMILES string of the molecule is CCn1c(C)cc(C(=O)CN2C(=O)CC(C)(C)C2=O)c1C. The van der Waals surface area contributed by atoms with Gasteiger partial charge in [-0.25, -0.2) is 0 Å². The first-order valence-corrected chi connectivity index (χ1v) is 7.23. The van der Waals surface area contributed by atoms with Crippen LogP contribution < -0.4 is 0 Å². The maximum Gasteiger partial charge on any atom is 0.235 e. The van der Waals surface area contributed by atoms with E-state index in [9.17, 15) is 14.4 Å². The lowest BCUT2D eigenvalue weighted by Gasteiger charge is -2.17. The normalized spacial score (nSPS) is 17.7. The monoisotopic (exact) mass is 290 g/mol. The van der Waals surface area contributed by atoms with Gasteiger partial charge in [0, 0.05) is 29.9 Å². The number of carbonyl (C=O) groups is 3. The summed E-state index contributed by atoms with van der Waals surface area (Å²) in [5, 5.41) is 0. The maximum absolute atomic E-state index is 12.4. The Morgan fingerprint density at radius 1 is 1.29 bits per heavy atom. The summed E-state index contributed by atoms with van der Waals surface area (Å²) in [4.78, 5) is 37.6. The van der Waals surface area contributed by atoms with Crippen LogP contribution in [0.25, 0.3) is 0 Å². The van der Waals surface area contributed by atoms with Gasteiger partial charge < -0.3 is 4.57 Å². The van der Waals surface area contributed by atoms with E-state index in [-0.39, 0.29) is 30.6 Å². The topological polar surface area (TPSA) is 59.4 Å². The number of hydrogen-bond acceptors (Lipinski definition) is 3. The van der Waals surface area contributed by atoms with E-state index in [0.717, 1.165) is 22.8 Å². The minimum atomic E-state index is -0.697. The van der Waals surface area contributed by atoms with Crippen molar-refractivity contribution in [2.75, 3.05) is 6.54 Å². The lowest BCUT2D eigenvalue weighted by atomic mass is 9.92. The summed E-state index contributed by atoms with van der Waals surface area (Å²) in [6.45, 7) is 9.96. The van der Waals surface area contributed by atoms with Crippen LogP contribution in [-0.4, -0.2) is 33.6 Å². The lowest BCUT2D eigenvalue weighted by molar-refractivity contribution is -0.140. The molecule has 1 aliphatic heterocycles. The molecule has 21 heavy (non-hydrogen) atoms. The van der Waals surface area contributed by atoms with Crippen molar-refractivity contribution in [1.29, 1.82) is 0 Å². The van der Waals surface area contributed by atoms with E-state index in [1.165, 1.54) is 0 Å². The molecular formula is C16H22N2O3. The second-order valence-electron chi connectivity index (χ2n) is 6.30. The number of nitrogens with zero attached hydrogens (tertiary/aromatic N) is 2. The average Bonchev–Trinajstić information content (AvgIpc) is 2.77. The fourth-order valence-electron chi connectivity index (χ4n) is 2.99. The molecule has 5 heteroatoms. The van der Waals surface area contributed by atoms with Gasteiger partial charge in [0.25, 0.3) is 0 Å². The Kier molecular flexibility index (Phi) is 3.78. The van der Waals surface area contributed by atoms with E-state index in [1.807, 2.05) is 31.4 Å². The molecule has 0 atom stereocenters. The van der Waals surface area contributed by atoms with Gasteiger partial charge in [-0.1, -0.05) is 13.8 Å². The quantitative estimate of drug-likeness (QED) is 0.630. The summed E-state index contributed by atoms with van der Waals surface area (Å²) in [6, 6.07) is 1.83. The predicted molar refractivity (Wildman–Crippen MR) is 79.0 cm³/mol. The highest BCUT2D eigenvalue weighted by molar-refractivity contribution is 6.10. The number of Topliss-reactive ketones (excluding diaryl/α,β-unsaturated/α-hetero) is 1. The third kappa shape index (κ3) is 2.52. The number of amides is 2. The first-order valence-electron chi connectivity index (χ1n) is 7.23. The van der Waals surface area contributed by atoms with Gasteiger partial charge in [0.1, 0.15) is 0 Å². The summed E-state index contributed by atoms with van der Waals surface area (Å²) in [5.74, 6) is -0.699. The van der Waals surface area contributed by atoms with Crippen molar-refractivity contribution in [3.05, 3.63) is 23.0 Å². The zero-order valence-electron chi connectivity index (χ0n) is 13.3. The van der Waals surface area contributed by atoms with Crippen LogP contribution in [0.3, 0.4) is 0 Å². The van der Waals surface area contributed by atoms with Gasteiger partial charge in [-0.15, -0.1) is 0 Å². The lowest BCUT2D eigenvalue weighted by Crippen LogP contribution is -2.37. The summed E-state index contributed by atoms with van der Waals surface area (Å²) in [7, 11) is 0. The van der Waals surface area contributed by atoms with Gasteiger partial charge in [0.05, 0.1) is 12.0 Å². The average molecular weight is 290 g/mol. The molecule has 0 unspecified atom stereocenters. The van der Waals surface area contributed by atoms with E-state index in [2.05, 4.69) is 0 Å². The molecule has 2 amide bonds. The van der Waals surface area contributed by atoms with Gasteiger partial charge in [-0.2, -0.15) is 0 Å². The van der Waals surface area contributed by atoms with Crippen molar-refractivity contribution in [2.24, 2.45) is 5.41 Å². The molecule has 0 aliphatic carbocycles. The maximum atomic E-state index is 12.4. The zero-order chi connectivity index (χ0) is 15.9. The van der Waals surface area contributed by atoms with E-state index >= 15 is 0 Å². The molecule has 2 rings (SSSR count). The standard InChI is InChI=1S/C16H22N2O3/c1-6-17-10(2)7-12(11(17)3)13(19)9-18-14(20)8-16(4,5)15(18)21/h7H,6,8-9H2,1-5H3. The van der Waals surface area contributed by atoms with Gasteiger partial charge in [0.2, 0.25) is 11.8 Å². The number of imide groups is 1. The van der Waals surface area contributed by atoms with Crippen molar-refractivity contribution in [2.45, 2.75) is 47.6 Å². The molecule has 0 bridgehead atoms. The zero-order valence-corrected chi connectivity index (χ0v) is 13.3. The Labute approximate surface area is 124 Å². The molecule has 1 fully saturated rings. The summed E-state index contributed by atoms with van der Waals surface area (Å²) in [6.07, 6.45) is 0.174. The Hall–Kier alpha value is -1.91. The summed E-state index contributed by atoms with van der Waals surface area (Å²) >= 11 is 0. The van der Waals surface area contributed by atoms with Gasteiger partial charge >= 0.3 is 0 Å². The van der Waals surface area contributed by atoms with E-state index < -0.39 is 5.41 Å². The first kappa shape index (κ1) is 15.5. The highest BCUT2D eigenvalue weighted by atomic mass is 16.2. The number of likely N-dealkylation sites (tertiary alicyclic amines) is 1. The number of carbonyl (C=O) groups excluding carboxylic acids is 3. The first-order chi connectivity index (χ1) is 9.69. The largest absolute Gasteiger partial charge is 0.349 e. The number of aromatic nitrogens is 1. The summed E-state index contributed by atoms with van der Waals surface area (Å²) < 4.78 is 2.05. The second-order valence-corrected chi connectivity index (χ2v) is 6.30. The number of aryl methyl sites for hydroxylation is 1. The van der Waals surface area contributed by atoms with Crippen molar-refractivity contribution in [3.63, 3.8) is 0 Å². The van der Waals surface area contributed by atoms with Crippen LogP contribution in [0.1, 0.15) is 48.9 Å². The van der Waals surface area contributed by atoms with E-state index in [1.54, 1.807) is 13.8 Å². The number of ketones is 1. The molecule has 1 aliphatic rings. The molecule has 0 spiro atoms. The molecular weight excluding hydrogens is 268 g/mol. The highest BCUT2D eigenvalue weighted by Gasteiger charge is 2.45. The Balaban J connectivity index is 2.23. The molecule has 5 nitrogen and oxygen atoms in total. The van der Waals surface area contributed by atoms with Gasteiger partial charge in [0.15, 0.2) is 5.78 Å². The Morgan fingerprint density at radius 3 is 2.33 bits per heavy atom. The van der Waals surface area contributed by atoms with Crippen molar-refractivity contribution >= 4 is 17.6 Å². The molecule has 0 saturated carbocycles. The van der Waals surface area contributed by atoms with Crippen LogP contribution in [0.15, 0.2) is 6.07 Å². The fourth-order valence-corrected chi connectivity index (χ4v) is 2.99. The van der Waals surface area contributed by atoms with Crippen molar-refractivity contribution < 1.29 is 14.4 Å².